The van der Waals surface area contributed by atoms with Gasteiger partial charge in [0.2, 0.25) is 5.91 Å². The molecule has 5 rings (SSSR count). The smallest absolute Gasteiger partial charge is 0.225 e. The minimum absolute atomic E-state index is 0.313. The number of carbonyl (C=O) groups is 1. The molecule has 2 saturated carbocycles. The standard InChI is InChI=1S/C29H44N2O2/c32-28(26-10-2-1-3-11-26)31-18-16-29(17-19-31)15-7-6-9-25-8-4-5-12-27(25)33-21-20-30(23-29)22-24-13-14-24/h4-5,8,12,24,26H,1-3,6-7,9-11,13-23H2. The molecular formula is C29H44N2O2. The van der Waals surface area contributed by atoms with Crippen LogP contribution in [-0.4, -0.2) is 55.0 Å². The molecule has 1 aromatic carbocycles. The Morgan fingerprint density at radius 3 is 2.48 bits per heavy atom. The van der Waals surface area contributed by atoms with Gasteiger partial charge in [-0.2, -0.15) is 0 Å². The fourth-order valence-electron chi connectivity index (χ4n) is 6.62. The van der Waals surface area contributed by atoms with Crippen molar-refractivity contribution in [2.45, 2.75) is 83.5 Å². The minimum Gasteiger partial charge on any atom is -0.492 e. The van der Waals surface area contributed by atoms with Gasteiger partial charge in [0.15, 0.2) is 0 Å². The Morgan fingerprint density at radius 2 is 1.70 bits per heavy atom. The van der Waals surface area contributed by atoms with E-state index >= 15 is 0 Å². The SMILES string of the molecule is O=C(C1CCCCC1)N1CCC2(CCCCc3ccccc3OCCN(CC3CC3)C2)CC1. The second-order valence-corrected chi connectivity index (χ2v) is 11.5. The number of amides is 1. The van der Waals surface area contributed by atoms with Crippen molar-refractivity contribution in [2.24, 2.45) is 17.3 Å². The summed E-state index contributed by atoms with van der Waals surface area (Å²) >= 11 is 0. The minimum atomic E-state index is 0.313. The molecule has 0 aromatic heterocycles. The van der Waals surface area contributed by atoms with E-state index in [2.05, 4.69) is 34.1 Å². The second kappa shape index (κ2) is 10.8. The maximum absolute atomic E-state index is 13.2. The van der Waals surface area contributed by atoms with Crippen molar-refractivity contribution in [3.63, 3.8) is 0 Å². The molecule has 4 nitrogen and oxygen atoms in total. The van der Waals surface area contributed by atoms with E-state index in [-0.39, 0.29) is 0 Å². The zero-order valence-corrected chi connectivity index (χ0v) is 20.6. The maximum Gasteiger partial charge on any atom is 0.225 e. The van der Waals surface area contributed by atoms with Crippen molar-refractivity contribution in [3.8, 4) is 5.75 Å². The largest absolute Gasteiger partial charge is 0.492 e. The van der Waals surface area contributed by atoms with Gasteiger partial charge in [0.1, 0.15) is 12.4 Å². The van der Waals surface area contributed by atoms with Gasteiger partial charge in [-0.3, -0.25) is 9.69 Å². The third-order valence-corrected chi connectivity index (χ3v) is 8.90. The highest BCUT2D eigenvalue weighted by molar-refractivity contribution is 5.79. The molecule has 0 unspecified atom stereocenters. The highest BCUT2D eigenvalue weighted by atomic mass is 16.5. The van der Waals surface area contributed by atoms with E-state index in [0.717, 1.165) is 57.2 Å². The second-order valence-electron chi connectivity index (χ2n) is 11.5. The number of rotatable bonds is 3. The van der Waals surface area contributed by atoms with Gasteiger partial charge in [0, 0.05) is 38.6 Å². The number of para-hydroxylation sites is 1. The Balaban J connectivity index is 1.25. The number of carbonyl (C=O) groups excluding carboxylic acids is 1. The van der Waals surface area contributed by atoms with Crippen LogP contribution in [0.15, 0.2) is 24.3 Å². The number of fused-ring (bicyclic) bond motifs is 1. The number of nitrogens with zero attached hydrogens (tertiary/aromatic N) is 2. The molecule has 2 heterocycles. The number of likely N-dealkylation sites (tertiary alicyclic amines) is 1. The van der Waals surface area contributed by atoms with Crippen molar-refractivity contribution in [3.05, 3.63) is 29.8 Å². The summed E-state index contributed by atoms with van der Waals surface area (Å²) in [6.07, 6.45) is 16.2. The molecule has 1 amide bonds. The lowest BCUT2D eigenvalue weighted by molar-refractivity contribution is -0.139. The lowest BCUT2D eigenvalue weighted by Gasteiger charge is -2.46. The van der Waals surface area contributed by atoms with Crippen LogP contribution in [0.5, 0.6) is 5.75 Å². The molecule has 33 heavy (non-hydrogen) atoms. The Kier molecular flexibility index (Phi) is 7.59. The highest BCUT2D eigenvalue weighted by Gasteiger charge is 2.39. The van der Waals surface area contributed by atoms with Crippen molar-refractivity contribution >= 4 is 5.91 Å². The molecule has 182 valence electrons. The summed E-state index contributed by atoms with van der Waals surface area (Å²) in [6.45, 7) is 6.19. The van der Waals surface area contributed by atoms with Crippen LogP contribution in [0.2, 0.25) is 0 Å². The number of ether oxygens (including phenoxy) is 1. The summed E-state index contributed by atoms with van der Waals surface area (Å²) < 4.78 is 6.29. The van der Waals surface area contributed by atoms with Gasteiger partial charge < -0.3 is 9.64 Å². The molecular weight excluding hydrogens is 408 g/mol. The van der Waals surface area contributed by atoms with E-state index in [1.807, 2.05) is 0 Å². The van der Waals surface area contributed by atoms with E-state index in [4.69, 9.17) is 4.74 Å². The molecule has 0 bridgehead atoms. The van der Waals surface area contributed by atoms with Crippen LogP contribution in [0, 0.1) is 17.3 Å². The number of benzene rings is 1. The average Bonchev–Trinajstić information content (AvgIpc) is 3.67. The Hall–Kier alpha value is -1.55. The van der Waals surface area contributed by atoms with Crippen LogP contribution < -0.4 is 4.74 Å². The quantitative estimate of drug-likeness (QED) is 0.590. The third-order valence-electron chi connectivity index (χ3n) is 8.90. The van der Waals surface area contributed by atoms with Crippen LogP contribution in [0.1, 0.15) is 82.6 Å². The molecule has 1 aromatic rings. The number of hydrogen-bond donors (Lipinski definition) is 0. The molecule has 3 fully saturated rings. The topological polar surface area (TPSA) is 32.8 Å². The summed E-state index contributed by atoms with van der Waals surface area (Å²) in [5.41, 5.74) is 1.74. The average molecular weight is 453 g/mol. The maximum atomic E-state index is 13.2. The third kappa shape index (κ3) is 6.12. The van der Waals surface area contributed by atoms with E-state index in [1.165, 1.54) is 82.9 Å². The molecule has 4 heteroatoms. The van der Waals surface area contributed by atoms with Crippen LogP contribution in [0.25, 0.3) is 0 Å². The predicted octanol–water partition coefficient (Wildman–Crippen LogP) is 5.69. The normalized spacial score (nSPS) is 25.5. The van der Waals surface area contributed by atoms with Gasteiger partial charge in [0.05, 0.1) is 0 Å². The zero-order chi connectivity index (χ0) is 22.5. The van der Waals surface area contributed by atoms with E-state index < -0.39 is 0 Å². The Labute approximate surface area is 201 Å². The molecule has 0 N–H and O–H groups in total. The number of piperidine rings is 1. The fourth-order valence-corrected chi connectivity index (χ4v) is 6.62. The van der Waals surface area contributed by atoms with Gasteiger partial charge in [-0.25, -0.2) is 0 Å². The summed E-state index contributed by atoms with van der Waals surface area (Å²) in [5.74, 6) is 2.77. The number of aryl methyl sites for hydroxylation is 1. The van der Waals surface area contributed by atoms with Crippen molar-refractivity contribution in [1.82, 2.24) is 9.80 Å². The highest BCUT2D eigenvalue weighted by Crippen LogP contribution is 2.40. The summed E-state index contributed by atoms with van der Waals surface area (Å²) in [5, 5.41) is 0. The first-order chi connectivity index (χ1) is 16.2. The molecule has 4 aliphatic rings. The van der Waals surface area contributed by atoms with Crippen molar-refractivity contribution in [2.75, 3.05) is 39.3 Å². The van der Waals surface area contributed by atoms with Crippen LogP contribution >= 0.6 is 0 Å². The van der Waals surface area contributed by atoms with Gasteiger partial charge in [0.25, 0.3) is 0 Å². The lowest BCUT2D eigenvalue weighted by Crippen LogP contribution is -2.50. The van der Waals surface area contributed by atoms with E-state index in [0.29, 0.717) is 17.2 Å². The van der Waals surface area contributed by atoms with Gasteiger partial charge in [-0.1, -0.05) is 43.9 Å². The predicted molar refractivity (Wildman–Crippen MR) is 133 cm³/mol. The monoisotopic (exact) mass is 452 g/mol. The molecule has 2 aliphatic heterocycles. The molecule has 0 radical (unpaired) electrons. The summed E-state index contributed by atoms with van der Waals surface area (Å²) in [4.78, 5) is 18.1. The van der Waals surface area contributed by atoms with Crippen molar-refractivity contribution in [1.29, 1.82) is 0 Å². The van der Waals surface area contributed by atoms with Crippen LogP contribution in [0.4, 0.5) is 0 Å². The van der Waals surface area contributed by atoms with Crippen molar-refractivity contribution < 1.29 is 9.53 Å². The fraction of sp³-hybridized carbons (Fsp3) is 0.759. The Morgan fingerprint density at radius 1 is 0.909 bits per heavy atom. The number of hydrogen-bond acceptors (Lipinski definition) is 3. The zero-order valence-electron chi connectivity index (χ0n) is 20.6. The van der Waals surface area contributed by atoms with Gasteiger partial charge in [-0.05, 0) is 80.8 Å². The van der Waals surface area contributed by atoms with Gasteiger partial charge in [-0.15, -0.1) is 0 Å². The first-order valence-corrected chi connectivity index (χ1v) is 13.9. The van der Waals surface area contributed by atoms with Crippen LogP contribution in [-0.2, 0) is 11.2 Å². The molecule has 0 atom stereocenters. The van der Waals surface area contributed by atoms with Gasteiger partial charge >= 0.3 is 0 Å². The first-order valence-electron chi connectivity index (χ1n) is 13.9. The summed E-state index contributed by atoms with van der Waals surface area (Å²) in [6, 6.07) is 8.64. The van der Waals surface area contributed by atoms with E-state index in [1.54, 1.807) is 0 Å². The van der Waals surface area contributed by atoms with Crippen LogP contribution in [0.3, 0.4) is 0 Å². The summed E-state index contributed by atoms with van der Waals surface area (Å²) in [7, 11) is 0. The van der Waals surface area contributed by atoms with E-state index in [9.17, 15) is 4.79 Å². The molecule has 2 aliphatic carbocycles. The first kappa shape index (κ1) is 23.2. The Bertz CT molecular complexity index is 776. The lowest BCUT2D eigenvalue weighted by atomic mass is 9.73. The molecule has 1 saturated heterocycles. The molecule has 1 spiro atoms.